The van der Waals surface area contributed by atoms with E-state index in [4.69, 9.17) is 5.73 Å². The van der Waals surface area contributed by atoms with E-state index >= 15 is 0 Å². The maximum absolute atomic E-state index is 13.4. The Morgan fingerprint density at radius 2 is 1.87 bits per heavy atom. The van der Waals surface area contributed by atoms with Gasteiger partial charge in [0.15, 0.2) is 17.1 Å². The summed E-state index contributed by atoms with van der Waals surface area (Å²) < 4.78 is 41.8. The van der Waals surface area contributed by atoms with E-state index in [1.807, 2.05) is 4.90 Å². The fourth-order valence-corrected chi connectivity index (χ4v) is 3.81. The van der Waals surface area contributed by atoms with Crippen LogP contribution in [0.5, 0.6) is 0 Å². The number of anilines is 2. The Bertz CT molecular complexity index is 1120. The van der Waals surface area contributed by atoms with Crippen molar-refractivity contribution in [1.82, 2.24) is 14.4 Å². The monoisotopic (exact) mass is 435 g/mol. The van der Waals surface area contributed by atoms with Crippen LogP contribution in [0, 0.1) is 6.92 Å². The highest BCUT2D eigenvalue weighted by Gasteiger charge is 2.51. The number of halogens is 3. The minimum absolute atomic E-state index is 0.200. The van der Waals surface area contributed by atoms with Crippen molar-refractivity contribution in [3.63, 3.8) is 0 Å². The first-order valence-electron chi connectivity index (χ1n) is 9.96. The average molecular weight is 435 g/mol. The molecular formula is C21H24F3N5O2. The van der Waals surface area contributed by atoms with E-state index in [0.29, 0.717) is 48.7 Å². The summed E-state index contributed by atoms with van der Waals surface area (Å²) in [5, 5.41) is 19.9. The maximum atomic E-state index is 13.4. The highest BCUT2D eigenvalue weighted by Crippen LogP contribution is 2.40. The summed E-state index contributed by atoms with van der Waals surface area (Å²) in [6, 6.07) is 4.15. The van der Waals surface area contributed by atoms with Gasteiger partial charge in [-0.3, -0.25) is 4.40 Å². The zero-order valence-corrected chi connectivity index (χ0v) is 17.2. The Morgan fingerprint density at radius 1 is 1.19 bits per heavy atom. The second kappa shape index (κ2) is 7.38. The zero-order valence-electron chi connectivity index (χ0n) is 17.2. The number of piperidine rings is 1. The Morgan fingerprint density at radius 3 is 2.52 bits per heavy atom. The van der Waals surface area contributed by atoms with Crippen molar-refractivity contribution in [3.8, 4) is 11.3 Å². The predicted octanol–water partition coefficient (Wildman–Crippen LogP) is 3.02. The minimum atomic E-state index is -4.82. The lowest BCUT2D eigenvalue weighted by Gasteiger charge is -2.30. The minimum Gasteiger partial charge on any atom is -0.393 e. The summed E-state index contributed by atoms with van der Waals surface area (Å²) in [6.07, 6.45) is -0.647. The molecule has 3 heterocycles. The number of hydrogen-bond donors (Lipinski definition) is 3. The van der Waals surface area contributed by atoms with E-state index in [0.717, 1.165) is 12.5 Å². The van der Waals surface area contributed by atoms with E-state index in [-0.39, 0.29) is 17.5 Å². The van der Waals surface area contributed by atoms with E-state index in [2.05, 4.69) is 9.97 Å². The molecule has 10 heteroatoms. The first-order valence-corrected chi connectivity index (χ1v) is 9.96. The number of rotatable bonds is 3. The number of aryl methyl sites for hydroxylation is 1. The normalized spacial score (nSPS) is 17.8. The number of nitrogens with zero attached hydrogens (tertiary/aromatic N) is 4. The molecule has 1 unspecified atom stereocenters. The van der Waals surface area contributed by atoms with Crippen LogP contribution in [0.25, 0.3) is 16.9 Å². The van der Waals surface area contributed by atoms with Crippen molar-refractivity contribution in [2.75, 3.05) is 23.7 Å². The zero-order chi connectivity index (χ0) is 22.6. The van der Waals surface area contributed by atoms with Crippen molar-refractivity contribution < 1.29 is 23.4 Å². The molecule has 2 aromatic heterocycles. The van der Waals surface area contributed by atoms with E-state index in [1.54, 1.807) is 23.6 Å². The molecule has 166 valence electrons. The molecule has 31 heavy (non-hydrogen) atoms. The lowest BCUT2D eigenvalue weighted by molar-refractivity contribution is -0.258. The number of nitrogens with two attached hydrogens (primary N) is 1. The van der Waals surface area contributed by atoms with Gasteiger partial charge < -0.3 is 20.8 Å². The molecule has 1 aliphatic heterocycles. The summed E-state index contributed by atoms with van der Waals surface area (Å²) >= 11 is 0. The number of imidazole rings is 1. The third-order valence-electron chi connectivity index (χ3n) is 5.92. The number of aliphatic hydroxyl groups is 2. The largest absolute Gasteiger partial charge is 0.421 e. The van der Waals surface area contributed by atoms with Crippen molar-refractivity contribution >= 4 is 17.3 Å². The van der Waals surface area contributed by atoms with Gasteiger partial charge in [-0.05, 0) is 43.9 Å². The van der Waals surface area contributed by atoms with Crippen molar-refractivity contribution in [2.45, 2.75) is 44.6 Å². The Kier molecular flexibility index (Phi) is 5.09. The van der Waals surface area contributed by atoms with Gasteiger partial charge >= 0.3 is 6.18 Å². The fraction of sp³-hybridized carbons (Fsp3) is 0.429. The molecular weight excluding hydrogens is 411 g/mol. The number of aromatic nitrogens is 3. The summed E-state index contributed by atoms with van der Waals surface area (Å²) in [5.74, 6) is 0.804. The number of benzene rings is 1. The van der Waals surface area contributed by atoms with E-state index < -0.39 is 11.8 Å². The SMILES string of the molecule is Cc1ccc(C(C)(O)C(F)(F)F)cc1-c1cnc2c(N)nc(N3CCC(O)CC3)cn12. The standard InChI is InChI=1S/C21H24F3N5O2/c1-12-3-4-13(20(2,31)21(22,23)24)9-15(12)16-10-26-19-18(25)27-17(11-29(16)19)28-7-5-14(30)6-8-28/h3-4,9-11,14,30-31H,5-8H2,1-2H3,(H2,25,27). The average Bonchev–Trinajstić information content (AvgIpc) is 3.12. The summed E-state index contributed by atoms with van der Waals surface area (Å²) in [5.41, 5.74) is 5.02. The molecule has 0 radical (unpaired) electrons. The third-order valence-corrected chi connectivity index (χ3v) is 5.92. The van der Waals surface area contributed by atoms with Crippen LogP contribution in [-0.4, -0.2) is 50.0 Å². The number of fused-ring (bicyclic) bond motifs is 1. The lowest BCUT2D eigenvalue weighted by atomic mass is 9.91. The molecule has 0 spiro atoms. The Balaban J connectivity index is 1.83. The molecule has 7 nitrogen and oxygen atoms in total. The van der Waals surface area contributed by atoms with Crippen LogP contribution in [0.4, 0.5) is 24.8 Å². The van der Waals surface area contributed by atoms with Crippen LogP contribution in [0.3, 0.4) is 0 Å². The molecule has 3 aromatic rings. The number of nitrogen functional groups attached to an aromatic ring is 1. The summed E-state index contributed by atoms with van der Waals surface area (Å²) in [7, 11) is 0. The third kappa shape index (κ3) is 3.70. The first kappa shape index (κ1) is 21.4. The van der Waals surface area contributed by atoms with Crippen LogP contribution < -0.4 is 10.6 Å². The topological polar surface area (TPSA) is 99.9 Å². The van der Waals surface area contributed by atoms with Gasteiger partial charge in [-0.15, -0.1) is 0 Å². The Hall–Kier alpha value is -2.85. The second-order valence-electron chi connectivity index (χ2n) is 8.14. The lowest BCUT2D eigenvalue weighted by Crippen LogP contribution is -2.39. The van der Waals surface area contributed by atoms with Crippen LogP contribution in [0.15, 0.2) is 30.6 Å². The van der Waals surface area contributed by atoms with Gasteiger partial charge in [-0.1, -0.05) is 12.1 Å². The molecule has 1 saturated heterocycles. The molecule has 0 saturated carbocycles. The molecule has 1 atom stereocenters. The second-order valence-corrected chi connectivity index (χ2v) is 8.14. The first-order chi connectivity index (χ1) is 14.5. The number of alkyl halides is 3. The maximum Gasteiger partial charge on any atom is 0.421 e. The fourth-order valence-electron chi connectivity index (χ4n) is 3.81. The summed E-state index contributed by atoms with van der Waals surface area (Å²) in [4.78, 5) is 10.7. The quantitative estimate of drug-likeness (QED) is 0.585. The highest BCUT2D eigenvalue weighted by molar-refractivity contribution is 5.73. The van der Waals surface area contributed by atoms with Gasteiger partial charge in [-0.25, -0.2) is 9.97 Å². The van der Waals surface area contributed by atoms with Gasteiger partial charge in [0.1, 0.15) is 5.82 Å². The van der Waals surface area contributed by atoms with Crippen LogP contribution >= 0.6 is 0 Å². The smallest absolute Gasteiger partial charge is 0.393 e. The number of aliphatic hydroxyl groups excluding tert-OH is 1. The highest BCUT2D eigenvalue weighted by atomic mass is 19.4. The molecule has 0 amide bonds. The van der Waals surface area contributed by atoms with Gasteiger partial charge in [0.25, 0.3) is 0 Å². The Labute approximate surface area is 177 Å². The van der Waals surface area contributed by atoms with Crippen LogP contribution in [-0.2, 0) is 5.60 Å². The van der Waals surface area contributed by atoms with Gasteiger partial charge in [0.05, 0.1) is 24.2 Å². The van der Waals surface area contributed by atoms with Crippen molar-refractivity contribution in [2.24, 2.45) is 0 Å². The van der Waals surface area contributed by atoms with Crippen molar-refractivity contribution in [3.05, 3.63) is 41.7 Å². The van der Waals surface area contributed by atoms with Crippen LogP contribution in [0.1, 0.15) is 30.9 Å². The van der Waals surface area contributed by atoms with E-state index in [1.165, 1.54) is 18.3 Å². The van der Waals surface area contributed by atoms with Gasteiger partial charge in [0, 0.05) is 18.7 Å². The van der Waals surface area contributed by atoms with E-state index in [9.17, 15) is 23.4 Å². The van der Waals surface area contributed by atoms with Crippen molar-refractivity contribution in [1.29, 1.82) is 0 Å². The summed E-state index contributed by atoms with van der Waals surface area (Å²) in [6.45, 7) is 3.75. The molecule has 1 aromatic carbocycles. The van der Waals surface area contributed by atoms with Gasteiger partial charge in [0.2, 0.25) is 0 Å². The predicted molar refractivity (Wildman–Crippen MR) is 111 cm³/mol. The van der Waals surface area contributed by atoms with Gasteiger partial charge in [-0.2, -0.15) is 13.2 Å². The molecule has 1 fully saturated rings. The molecule has 1 aliphatic rings. The number of hydrogen-bond acceptors (Lipinski definition) is 6. The molecule has 4 N–H and O–H groups in total. The van der Waals surface area contributed by atoms with Crippen LogP contribution in [0.2, 0.25) is 0 Å². The molecule has 0 bridgehead atoms. The molecule has 4 rings (SSSR count). The molecule has 0 aliphatic carbocycles.